The zero-order valence-corrected chi connectivity index (χ0v) is 10.8. The number of rotatable bonds is 6. The maximum atomic E-state index is 9.20. The van der Waals surface area contributed by atoms with Crippen LogP contribution in [0, 0.1) is 5.92 Å². The molecular formula is C12H26N2O2. The highest BCUT2D eigenvalue weighted by Gasteiger charge is 2.24. The number of hydrogen-bond acceptors (Lipinski definition) is 4. The molecule has 3 atom stereocenters. The maximum absolute atomic E-state index is 9.20. The van der Waals surface area contributed by atoms with Crippen molar-refractivity contribution < 1.29 is 9.84 Å². The largest absolute Gasteiger partial charge is 0.395 e. The molecule has 0 amide bonds. The number of aliphatic hydroxyl groups excluding tert-OH is 1. The standard InChI is InChI=1S/C12H26N2O2/c1-10(13-12(8-15)9-16-3)11-5-4-6-14(2)7-11/h10-13,15H,4-9H2,1-3H3. The normalized spacial score (nSPS) is 26.6. The molecule has 4 heteroatoms. The van der Waals surface area contributed by atoms with Crippen LogP contribution in [0.3, 0.4) is 0 Å². The number of nitrogens with one attached hydrogen (secondary N) is 1. The van der Waals surface area contributed by atoms with Crippen molar-refractivity contribution in [3.63, 3.8) is 0 Å². The van der Waals surface area contributed by atoms with E-state index in [1.165, 1.54) is 19.4 Å². The van der Waals surface area contributed by atoms with E-state index in [-0.39, 0.29) is 12.6 Å². The minimum Gasteiger partial charge on any atom is -0.395 e. The molecular weight excluding hydrogens is 204 g/mol. The summed E-state index contributed by atoms with van der Waals surface area (Å²) in [4.78, 5) is 2.39. The van der Waals surface area contributed by atoms with Crippen molar-refractivity contribution in [1.29, 1.82) is 0 Å². The molecule has 0 aromatic rings. The lowest BCUT2D eigenvalue weighted by molar-refractivity contribution is 0.106. The van der Waals surface area contributed by atoms with E-state index in [1.54, 1.807) is 7.11 Å². The van der Waals surface area contributed by atoms with E-state index in [0.717, 1.165) is 6.54 Å². The average Bonchev–Trinajstić information content (AvgIpc) is 2.28. The van der Waals surface area contributed by atoms with Gasteiger partial charge in [-0.1, -0.05) is 0 Å². The molecule has 1 heterocycles. The van der Waals surface area contributed by atoms with Gasteiger partial charge < -0.3 is 20.1 Å². The highest BCUT2D eigenvalue weighted by molar-refractivity contribution is 4.81. The first-order valence-corrected chi connectivity index (χ1v) is 6.21. The number of ether oxygens (including phenoxy) is 1. The Balaban J connectivity index is 2.34. The van der Waals surface area contributed by atoms with Gasteiger partial charge in [0.25, 0.3) is 0 Å². The molecule has 1 rings (SSSR count). The summed E-state index contributed by atoms with van der Waals surface area (Å²) in [5.41, 5.74) is 0. The lowest BCUT2D eigenvalue weighted by Crippen LogP contribution is -2.49. The molecule has 1 aliphatic rings. The van der Waals surface area contributed by atoms with Crippen molar-refractivity contribution in [2.24, 2.45) is 5.92 Å². The van der Waals surface area contributed by atoms with Crippen LogP contribution in [0.2, 0.25) is 0 Å². The molecule has 0 bridgehead atoms. The lowest BCUT2D eigenvalue weighted by atomic mass is 9.91. The van der Waals surface area contributed by atoms with Crippen molar-refractivity contribution in [3.05, 3.63) is 0 Å². The van der Waals surface area contributed by atoms with Crippen LogP contribution in [0.25, 0.3) is 0 Å². The molecule has 2 N–H and O–H groups in total. The van der Waals surface area contributed by atoms with E-state index in [1.807, 2.05) is 0 Å². The Kier molecular flexibility index (Phi) is 6.28. The molecule has 0 radical (unpaired) electrons. The van der Waals surface area contributed by atoms with Crippen LogP contribution in [-0.2, 0) is 4.74 Å². The number of aliphatic hydroxyl groups is 1. The first-order valence-electron chi connectivity index (χ1n) is 6.21. The fourth-order valence-corrected chi connectivity index (χ4v) is 2.48. The molecule has 0 aromatic carbocycles. The summed E-state index contributed by atoms with van der Waals surface area (Å²) in [7, 11) is 3.85. The van der Waals surface area contributed by atoms with Crippen molar-refractivity contribution >= 4 is 0 Å². The van der Waals surface area contributed by atoms with Gasteiger partial charge in [-0.3, -0.25) is 0 Å². The summed E-state index contributed by atoms with van der Waals surface area (Å²) in [5, 5.41) is 12.7. The Morgan fingerprint density at radius 1 is 1.56 bits per heavy atom. The SMILES string of the molecule is COCC(CO)NC(C)C1CCCN(C)C1. The predicted molar refractivity (Wildman–Crippen MR) is 65.6 cm³/mol. The Morgan fingerprint density at radius 2 is 2.31 bits per heavy atom. The van der Waals surface area contributed by atoms with Gasteiger partial charge in [0.2, 0.25) is 0 Å². The second-order valence-corrected chi connectivity index (χ2v) is 4.95. The molecule has 96 valence electrons. The zero-order chi connectivity index (χ0) is 12.0. The van der Waals surface area contributed by atoms with Gasteiger partial charge in [-0.2, -0.15) is 0 Å². The van der Waals surface area contributed by atoms with Crippen LogP contribution >= 0.6 is 0 Å². The number of likely N-dealkylation sites (tertiary alicyclic amines) is 1. The van der Waals surface area contributed by atoms with Gasteiger partial charge in [-0.25, -0.2) is 0 Å². The Hall–Kier alpha value is -0.160. The third-order valence-electron chi connectivity index (χ3n) is 3.45. The zero-order valence-electron chi connectivity index (χ0n) is 10.8. The smallest absolute Gasteiger partial charge is 0.0638 e. The molecule has 0 aliphatic carbocycles. The quantitative estimate of drug-likeness (QED) is 0.689. The maximum Gasteiger partial charge on any atom is 0.0638 e. The minimum absolute atomic E-state index is 0.0623. The molecule has 1 fully saturated rings. The first-order chi connectivity index (χ1) is 7.67. The van der Waals surface area contributed by atoms with Crippen LogP contribution in [-0.4, -0.2) is 62.6 Å². The van der Waals surface area contributed by atoms with Crippen LogP contribution in [0.5, 0.6) is 0 Å². The average molecular weight is 230 g/mol. The number of hydrogen-bond donors (Lipinski definition) is 2. The van der Waals surface area contributed by atoms with Gasteiger partial charge in [-0.15, -0.1) is 0 Å². The molecule has 0 aromatic heterocycles. The van der Waals surface area contributed by atoms with Crippen LogP contribution in [0.1, 0.15) is 19.8 Å². The monoisotopic (exact) mass is 230 g/mol. The predicted octanol–water partition coefficient (Wildman–Crippen LogP) is 0.314. The van der Waals surface area contributed by atoms with E-state index in [2.05, 4.69) is 24.2 Å². The summed E-state index contributed by atoms with van der Waals surface area (Å²) >= 11 is 0. The number of methoxy groups -OCH3 is 1. The second kappa shape index (κ2) is 7.22. The Labute approximate surface area is 99.0 Å². The molecule has 16 heavy (non-hydrogen) atoms. The molecule has 0 spiro atoms. The van der Waals surface area contributed by atoms with Crippen molar-refractivity contribution in [2.45, 2.75) is 31.8 Å². The highest BCUT2D eigenvalue weighted by atomic mass is 16.5. The Morgan fingerprint density at radius 3 is 2.88 bits per heavy atom. The fourth-order valence-electron chi connectivity index (χ4n) is 2.48. The van der Waals surface area contributed by atoms with E-state index >= 15 is 0 Å². The number of nitrogens with zero attached hydrogens (tertiary/aromatic N) is 1. The lowest BCUT2D eigenvalue weighted by Gasteiger charge is -2.35. The summed E-state index contributed by atoms with van der Waals surface area (Å²) in [6.07, 6.45) is 2.56. The molecule has 0 saturated carbocycles. The number of piperidine rings is 1. The summed E-state index contributed by atoms with van der Waals surface area (Å²) in [6.45, 7) is 5.29. The van der Waals surface area contributed by atoms with E-state index in [9.17, 15) is 5.11 Å². The Bertz CT molecular complexity index is 190. The van der Waals surface area contributed by atoms with E-state index in [4.69, 9.17) is 4.74 Å². The summed E-state index contributed by atoms with van der Waals surface area (Å²) < 4.78 is 5.07. The summed E-state index contributed by atoms with van der Waals surface area (Å²) in [5.74, 6) is 0.685. The van der Waals surface area contributed by atoms with Crippen LogP contribution < -0.4 is 5.32 Å². The van der Waals surface area contributed by atoms with E-state index < -0.39 is 0 Å². The van der Waals surface area contributed by atoms with E-state index in [0.29, 0.717) is 18.6 Å². The van der Waals surface area contributed by atoms with Gasteiger partial charge >= 0.3 is 0 Å². The second-order valence-electron chi connectivity index (χ2n) is 4.95. The third-order valence-corrected chi connectivity index (χ3v) is 3.45. The van der Waals surface area contributed by atoms with Crippen LogP contribution in [0.15, 0.2) is 0 Å². The van der Waals surface area contributed by atoms with Crippen molar-refractivity contribution in [1.82, 2.24) is 10.2 Å². The van der Waals surface area contributed by atoms with Crippen LogP contribution in [0.4, 0.5) is 0 Å². The topological polar surface area (TPSA) is 44.7 Å². The fraction of sp³-hybridized carbons (Fsp3) is 1.00. The third kappa shape index (κ3) is 4.37. The van der Waals surface area contributed by atoms with Crippen molar-refractivity contribution in [2.75, 3.05) is 40.5 Å². The molecule has 1 saturated heterocycles. The minimum atomic E-state index is 0.0623. The van der Waals surface area contributed by atoms with Gasteiger partial charge in [0.05, 0.1) is 19.3 Å². The molecule has 3 unspecified atom stereocenters. The molecule has 4 nitrogen and oxygen atoms in total. The molecule has 1 aliphatic heterocycles. The van der Waals surface area contributed by atoms with Gasteiger partial charge in [0.15, 0.2) is 0 Å². The van der Waals surface area contributed by atoms with Gasteiger partial charge in [0.1, 0.15) is 0 Å². The van der Waals surface area contributed by atoms with Crippen molar-refractivity contribution in [3.8, 4) is 0 Å². The van der Waals surface area contributed by atoms with Gasteiger partial charge in [-0.05, 0) is 39.3 Å². The highest BCUT2D eigenvalue weighted by Crippen LogP contribution is 2.18. The summed E-state index contributed by atoms with van der Waals surface area (Å²) in [6, 6.07) is 0.502. The first kappa shape index (κ1) is 13.9. The van der Waals surface area contributed by atoms with Gasteiger partial charge in [0, 0.05) is 19.7 Å².